The first-order chi connectivity index (χ1) is 15.9. The number of nitrogens with one attached hydrogen (secondary N) is 1. The first kappa shape index (κ1) is 22.3. The van der Waals surface area contributed by atoms with Gasteiger partial charge in [0, 0.05) is 17.8 Å². The third-order valence-electron chi connectivity index (χ3n) is 4.76. The first-order valence-electron chi connectivity index (χ1n) is 9.53. The highest BCUT2D eigenvalue weighted by Crippen LogP contribution is 2.36. The Balaban J connectivity index is 1.84. The molecular formula is C22H15Cl2N5O4. The molecule has 4 rings (SSSR count). The van der Waals surface area contributed by atoms with E-state index in [0.29, 0.717) is 22.1 Å². The number of carbonyl (C=O) groups is 1. The summed E-state index contributed by atoms with van der Waals surface area (Å²) in [5, 5.41) is 25.6. The lowest BCUT2D eigenvalue weighted by Gasteiger charge is -2.19. The van der Waals surface area contributed by atoms with Crippen LogP contribution in [0.3, 0.4) is 0 Å². The van der Waals surface area contributed by atoms with Gasteiger partial charge in [0.25, 0.3) is 5.69 Å². The predicted molar refractivity (Wildman–Crippen MR) is 126 cm³/mol. The molecule has 0 aliphatic carbocycles. The quantitative estimate of drug-likeness (QED) is 0.203. The number of nitro groups is 1. The summed E-state index contributed by atoms with van der Waals surface area (Å²) in [6.07, 6.45) is 0.552. The molecule has 1 aromatic heterocycles. The molecule has 4 aromatic rings. The van der Waals surface area contributed by atoms with Crippen molar-refractivity contribution in [3.05, 3.63) is 86.4 Å². The maximum Gasteiger partial charge on any atom is 0.272 e. The van der Waals surface area contributed by atoms with E-state index in [-0.39, 0.29) is 34.8 Å². The fourth-order valence-electron chi connectivity index (χ4n) is 3.23. The molecule has 166 valence electrons. The molecule has 0 radical (unpaired) electrons. The molecule has 0 saturated carbocycles. The number of non-ortho nitro benzene ring substituents is 1. The average molecular weight is 484 g/mol. The summed E-state index contributed by atoms with van der Waals surface area (Å²) in [5.74, 6) is -0.489. The van der Waals surface area contributed by atoms with Gasteiger partial charge in [-0.2, -0.15) is 4.98 Å². The summed E-state index contributed by atoms with van der Waals surface area (Å²) in [5.41, 5.74) is 1.29. The first-order valence-corrected chi connectivity index (χ1v) is 10.3. The van der Waals surface area contributed by atoms with Crippen LogP contribution >= 0.6 is 23.2 Å². The highest BCUT2D eigenvalue weighted by molar-refractivity contribution is 6.42. The number of hydrogen-bond donors (Lipinski definition) is 2. The summed E-state index contributed by atoms with van der Waals surface area (Å²) < 4.78 is 0. The van der Waals surface area contributed by atoms with Crippen LogP contribution in [0.5, 0.6) is 5.88 Å². The van der Waals surface area contributed by atoms with Gasteiger partial charge < -0.3 is 15.3 Å². The molecular weight excluding hydrogens is 469 g/mol. The number of aromatic nitrogens is 2. The molecule has 2 N–H and O–H groups in total. The van der Waals surface area contributed by atoms with Gasteiger partial charge in [0.1, 0.15) is 5.52 Å². The van der Waals surface area contributed by atoms with Crippen molar-refractivity contribution in [3.63, 3.8) is 0 Å². The van der Waals surface area contributed by atoms with Crippen molar-refractivity contribution in [1.82, 2.24) is 9.97 Å². The molecule has 0 aliphatic heterocycles. The van der Waals surface area contributed by atoms with E-state index in [2.05, 4.69) is 15.3 Å². The van der Waals surface area contributed by atoms with E-state index in [1.54, 1.807) is 18.2 Å². The normalized spacial score (nSPS) is 10.7. The van der Waals surface area contributed by atoms with Crippen LogP contribution in [0.25, 0.3) is 10.9 Å². The van der Waals surface area contributed by atoms with E-state index < -0.39 is 10.8 Å². The van der Waals surface area contributed by atoms with Gasteiger partial charge in [-0.15, -0.1) is 0 Å². The van der Waals surface area contributed by atoms with Crippen LogP contribution in [0.15, 0.2) is 60.7 Å². The zero-order valence-electron chi connectivity index (χ0n) is 16.8. The summed E-state index contributed by atoms with van der Waals surface area (Å²) in [6, 6.07) is 16.3. The monoisotopic (exact) mass is 483 g/mol. The van der Waals surface area contributed by atoms with Gasteiger partial charge in [0.05, 0.1) is 32.6 Å². The second-order valence-electron chi connectivity index (χ2n) is 6.96. The van der Waals surface area contributed by atoms with Crippen LogP contribution in [-0.4, -0.2) is 26.4 Å². The lowest BCUT2D eigenvalue weighted by Crippen LogP contribution is -2.21. The topological polar surface area (TPSA) is 121 Å². The fraction of sp³-hybridized carbons (Fsp3) is 0.0455. The molecule has 0 fully saturated rings. The smallest absolute Gasteiger partial charge is 0.272 e. The van der Waals surface area contributed by atoms with Crippen molar-refractivity contribution in [2.24, 2.45) is 0 Å². The maximum absolute atomic E-state index is 12.0. The highest BCUT2D eigenvalue weighted by Gasteiger charge is 2.21. The van der Waals surface area contributed by atoms with Gasteiger partial charge in [0.2, 0.25) is 18.2 Å². The third kappa shape index (κ3) is 4.79. The van der Waals surface area contributed by atoms with E-state index in [1.165, 1.54) is 11.0 Å². The molecule has 3 aromatic carbocycles. The molecule has 0 unspecified atom stereocenters. The third-order valence-corrected chi connectivity index (χ3v) is 5.50. The zero-order valence-corrected chi connectivity index (χ0v) is 18.3. The van der Waals surface area contributed by atoms with Crippen molar-refractivity contribution in [2.45, 2.75) is 6.54 Å². The predicted octanol–water partition coefficient (Wildman–Crippen LogP) is 5.46. The molecule has 1 amide bonds. The number of benzene rings is 3. The van der Waals surface area contributed by atoms with E-state index in [0.717, 1.165) is 11.6 Å². The standard InChI is InChI=1S/C22H15Cl2N5O4/c23-17-7-6-14(8-18(17)24)25-22-26-20-16(21(31)27-22)9-15(29(32)33)10-19(20)28(12-30)11-13-4-2-1-3-5-13/h1-10,12H,11H2,(H2,25,26,27,31). The van der Waals surface area contributed by atoms with Crippen LogP contribution in [-0.2, 0) is 11.3 Å². The number of rotatable bonds is 7. The van der Waals surface area contributed by atoms with E-state index in [1.807, 2.05) is 30.3 Å². The van der Waals surface area contributed by atoms with Crippen molar-refractivity contribution >= 4 is 63.5 Å². The highest BCUT2D eigenvalue weighted by atomic mass is 35.5. The maximum atomic E-state index is 12.0. The molecule has 33 heavy (non-hydrogen) atoms. The number of nitro benzene ring substituents is 1. The number of aromatic hydroxyl groups is 1. The van der Waals surface area contributed by atoms with Gasteiger partial charge in [-0.3, -0.25) is 14.9 Å². The minimum atomic E-state index is -0.615. The zero-order chi connectivity index (χ0) is 23.5. The van der Waals surface area contributed by atoms with Crippen LogP contribution in [0.2, 0.25) is 10.0 Å². The Morgan fingerprint density at radius 3 is 2.48 bits per heavy atom. The summed E-state index contributed by atoms with van der Waals surface area (Å²) >= 11 is 12.0. The molecule has 0 saturated heterocycles. The Morgan fingerprint density at radius 1 is 1.06 bits per heavy atom. The second kappa shape index (κ2) is 9.27. The summed E-state index contributed by atoms with van der Waals surface area (Å²) in [4.78, 5) is 32.5. The van der Waals surface area contributed by atoms with Crippen molar-refractivity contribution in [2.75, 3.05) is 10.2 Å². The Hall–Kier alpha value is -3.95. The molecule has 0 bridgehead atoms. The summed E-state index contributed by atoms with van der Waals surface area (Å²) in [6.45, 7) is 0.140. The van der Waals surface area contributed by atoms with E-state index >= 15 is 0 Å². The van der Waals surface area contributed by atoms with Crippen LogP contribution in [0, 0.1) is 10.1 Å². The number of nitrogens with zero attached hydrogens (tertiary/aromatic N) is 4. The van der Waals surface area contributed by atoms with Crippen molar-refractivity contribution in [1.29, 1.82) is 0 Å². The molecule has 0 aliphatic rings. The molecule has 11 heteroatoms. The molecule has 0 spiro atoms. The molecule has 0 atom stereocenters. The second-order valence-corrected chi connectivity index (χ2v) is 7.78. The van der Waals surface area contributed by atoms with Crippen molar-refractivity contribution in [3.8, 4) is 5.88 Å². The minimum absolute atomic E-state index is 0.000878. The Kier molecular flexibility index (Phi) is 6.25. The number of anilines is 3. The summed E-state index contributed by atoms with van der Waals surface area (Å²) in [7, 11) is 0. The van der Waals surface area contributed by atoms with Gasteiger partial charge >= 0.3 is 0 Å². The van der Waals surface area contributed by atoms with E-state index in [4.69, 9.17) is 23.2 Å². The number of fused-ring (bicyclic) bond motifs is 1. The van der Waals surface area contributed by atoms with Gasteiger partial charge in [-0.25, -0.2) is 4.98 Å². The van der Waals surface area contributed by atoms with E-state index in [9.17, 15) is 20.0 Å². The number of hydrogen-bond acceptors (Lipinski definition) is 7. The van der Waals surface area contributed by atoms with Gasteiger partial charge in [0.15, 0.2) is 0 Å². The number of carbonyl (C=O) groups excluding carboxylic acids is 1. The van der Waals surface area contributed by atoms with Crippen LogP contribution < -0.4 is 10.2 Å². The SMILES string of the molecule is O=CN(Cc1ccccc1)c1cc([N+](=O)[O-])cc2c(O)nc(Nc3ccc(Cl)c(Cl)c3)nc12. The fourth-order valence-corrected chi connectivity index (χ4v) is 3.52. The van der Waals surface area contributed by atoms with Crippen LogP contribution in [0.4, 0.5) is 23.0 Å². The lowest BCUT2D eigenvalue weighted by atomic mass is 10.1. The Bertz CT molecular complexity index is 1370. The Labute approximate surface area is 197 Å². The van der Waals surface area contributed by atoms with Gasteiger partial charge in [-0.1, -0.05) is 53.5 Å². The lowest BCUT2D eigenvalue weighted by molar-refractivity contribution is -0.384. The van der Waals surface area contributed by atoms with Gasteiger partial charge in [-0.05, 0) is 23.8 Å². The Morgan fingerprint density at radius 2 is 1.82 bits per heavy atom. The molecule has 1 heterocycles. The number of amides is 1. The van der Waals surface area contributed by atoms with Crippen LogP contribution in [0.1, 0.15) is 5.56 Å². The largest absolute Gasteiger partial charge is 0.493 e. The van der Waals surface area contributed by atoms with Crippen molar-refractivity contribution < 1.29 is 14.8 Å². The number of halogens is 2. The molecule has 9 nitrogen and oxygen atoms in total. The minimum Gasteiger partial charge on any atom is -0.493 e. The average Bonchev–Trinajstić information content (AvgIpc) is 2.80.